The van der Waals surface area contributed by atoms with Crippen molar-refractivity contribution in [3.63, 3.8) is 0 Å². The van der Waals surface area contributed by atoms with Gasteiger partial charge in [0.1, 0.15) is 36.7 Å². The summed E-state index contributed by atoms with van der Waals surface area (Å²) in [6.07, 6.45) is 0. The van der Waals surface area contributed by atoms with Crippen LogP contribution in [0.1, 0.15) is 0 Å². The molecule has 3 aliphatic rings. The molecule has 26 nitrogen and oxygen atoms in total. The van der Waals surface area contributed by atoms with Crippen molar-refractivity contribution in [2.45, 2.75) is 9.79 Å². The monoisotopic (exact) mass is 1010 g/mol. The molecule has 0 amide bonds. The van der Waals surface area contributed by atoms with E-state index in [4.69, 9.17) is 50.6 Å². The Morgan fingerprint density at radius 3 is 1.85 bits per heavy atom. The fourth-order valence-corrected chi connectivity index (χ4v) is 10.5. The van der Waals surface area contributed by atoms with Crippen LogP contribution in [0.15, 0.2) is 43.5 Å². The van der Waals surface area contributed by atoms with Gasteiger partial charge in [-0.1, -0.05) is 23.2 Å². The Morgan fingerprint density at radius 2 is 1.27 bits per heavy atom. The molecular formula is C26H26Cl2N4O22S6. The van der Waals surface area contributed by atoms with Gasteiger partial charge in [-0.3, -0.25) is 23.2 Å². The number of hydrogen-bond donors (Lipinski definition) is 6. The van der Waals surface area contributed by atoms with Crippen molar-refractivity contribution in [3.05, 3.63) is 39.7 Å². The van der Waals surface area contributed by atoms with Gasteiger partial charge in [-0.05, 0) is 12.1 Å². The summed E-state index contributed by atoms with van der Waals surface area (Å²) in [6.45, 7) is -4.99. The molecule has 0 bridgehead atoms. The van der Waals surface area contributed by atoms with Crippen molar-refractivity contribution < 1.29 is 94.6 Å². The highest BCUT2D eigenvalue weighted by Gasteiger charge is 2.37. The van der Waals surface area contributed by atoms with Crippen LogP contribution < -0.4 is 20.7 Å². The number of sulfone groups is 2. The quantitative estimate of drug-likeness (QED) is 0.0385. The molecule has 0 saturated carbocycles. The zero-order valence-corrected chi connectivity index (χ0v) is 35.6. The van der Waals surface area contributed by atoms with Gasteiger partial charge in [0.2, 0.25) is 0 Å². The van der Waals surface area contributed by atoms with Crippen molar-refractivity contribution in [1.82, 2.24) is 4.98 Å². The van der Waals surface area contributed by atoms with Gasteiger partial charge in [0.15, 0.2) is 42.5 Å². The number of rotatable bonds is 19. The van der Waals surface area contributed by atoms with E-state index in [2.05, 4.69) is 37.3 Å². The Kier molecular flexibility index (Phi) is 14.0. The second-order valence-electron chi connectivity index (χ2n) is 11.5. The van der Waals surface area contributed by atoms with Crippen molar-refractivity contribution in [2.75, 3.05) is 61.7 Å². The molecule has 34 heteroatoms. The molecule has 0 spiro atoms. The average molecular weight is 1010 g/mol. The number of anilines is 3. The maximum Gasteiger partial charge on any atom is 0.397 e. The predicted molar refractivity (Wildman–Crippen MR) is 203 cm³/mol. The average Bonchev–Trinajstić information content (AvgIpc) is 3.10. The smallest absolute Gasteiger partial charge is 0.397 e. The molecule has 0 radical (unpaired) electrons. The third kappa shape index (κ3) is 12.1. The van der Waals surface area contributed by atoms with E-state index in [1.165, 1.54) is 18.2 Å². The van der Waals surface area contributed by atoms with Crippen LogP contribution >= 0.6 is 23.2 Å². The number of aromatic nitrogens is 1. The predicted octanol–water partition coefficient (Wildman–Crippen LogP) is 1.23. The summed E-state index contributed by atoms with van der Waals surface area (Å²) >= 11 is 13.5. The fraction of sp³-hybridized carbons (Fsp3) is 0.308. The molecule has 2 aromatic carbocycles. The normalized spacial score (nSPS) is 14.1. The van der Waals surface area contributed by atoms with Gasteiger partial charge < -0.3 is 19.8 Å². The van der Waals surface area contributed by atoms with Crippen LogP contribution in [0.2, 0.25) is 10.0 Å². The lowest BCUT2D eigenvalue weighted by Crippen LogP contribution is -2.28. The van der Waals surface area contributed by atoms with Gasteiger partial charge in [-0.25, -0.2) is 38.6 Å². The first-order valence-corrected chi connectivity index (χ1v) is 25.2. The minimum Gasteiger partial charge on any atom is -0.451 e. The minimum atomic E-state index is -5.26. The van der Waals surface area contributed by atoms with Crippen molar-refractivity contribution in [2.24, 2.45) is 4.99 Å². The highest BCUT2D eigenvalue weighted by atomic mass is 35.5. The van der Waals surface area contributed by atoms with E-state index >= 15 is 0 Å². The number of benzene rings is 3. The molecule has 6 N–H and O–H groups in total. The molecule has 2 heterocycles. The van der Waals surface area contributed by atoms with Crippen molar-refractivity contribution in [1.29, 1.82) is 0 Å². The zero-order chi connectivity index (χ0) is 44.6. The highest BCUT2D eigenvalue weighted by molar-refractivity contribution is 7.94. The lowest BCUT2D eigenvalue weighted by Gasteiger charge is -2.25. The number of nitrogens with zero attached hydrogens (tertiary/aromatic N) is 2. The minimum absolute atomic E-state index is 0.0330. The fourth-order valence-electron chi connectivity index (χ4n) is 5.16. The van der Waals surface area contributed by atoms with Crippen LogP contribution in [0, 0.1) is 0 Å². The van der Waals surface area contributed by atoms with Crippen LogP contribution in [-0.4, -0.2) is 125 Å². The number of fused-ring (bicyclic) bond motifs is 4. The lowest BCUT2D eigenvalue weighted by atomic mass is 10.1. The number of halogens is 2. The summed E-state index contributed by atoms with van der Waals surface area (Å²) in [5.74, 6) is -3.61. The summed E-state index contributed by atoms with van der Waals surface area (Å²) in [4.78, 5) is 5.55. The van der Waals surface area contributed by atoms with E-state index in [1.54, 1.807) is 0 Å². The number of ether oxygens (including phenoxy) is 1. The Hall–Kier alpha value is -3.58. The van der Waals surface area contributed by atoms with Crippen LogP contribution in [0.5, 0.6) is 11.5 Å². The number of nitrogens with one attached hydrogen (secondary N) is 2. The molecule has 1 aliphatic carbocycles. The number of hydrogen-bond acceptors (Lipinski definition) is 22. The molecule has 0 saturated heterocycles. The molecule has 0 atom stereocenters. The third-order valence-corrected chi connectivity index (χ3v) is 13.5. The lowest BCUT2D eigenvalue weighted by molar-refractivity contribution is 0.274. The van der Waals surface area contributed by atoms with Gasteiger partial charge in [0, 0.05) is 24.4 Å². The first-order valence-electron chi connectivity index (χ1n) is 15.6. The van der Waals surface area contributed by atoms with E-state index in [0.29, 0.717) is 5.69 Å². The standard InChI is InChI=1S/C26H26Cl2N4O22S6/c27-18-21-23(53-16-11-13(1-2-14(16)31-21)29-3-5-49-57(37,38)39)19(28)22-24(18)54-17-12-15(30-4-6-50-58(40,41)42)25(55(33,34)9-7-51-59(43,44)45)26(20(17)32-22)56(35,36)10-8-52-60(46,47)48/h1-2,11-12,29,31H,3-10H2,(H,37,38,39)(H,40,41,42)(H,43,44,45)(H,46,47,48). The van der Waals surface area contributed by atoms with Gasteiger partial charge in [-0.2, -0.15) is 33.7 Å². The highest BCUT2D eigenvalue weighted by Crippen LogP contribution is 2.53. The molecule has 332 valence electrons. The van der Waals surface area contributed by atoms with E-state index in [1.807, 2.05) is 0 Å². The van der Waals surface area contributed by atoms with Crippen LogP contribution in [0.3, 0.4) is 0 Å². The first-order chi connectivity index (χ1) is 27.6. The summed E-state index contributed by atoms with van der Waals surface area (Å²) in [5, 5.41) is 4.19. The Morgan fingerprint density at radius 1 is 0.717 bits per heavy atom. The second kappa shape index (κ2) is 17.7. The topological polar surface area (TPSA) is 394 Å². The molecule has 5 rings (SSSR count). The van der Waals surface area contributed by atoms with E-state index in [9.17, 15) is 50.5 Å². The first kappa shape index (κ1) is 47.5. The van der Waals surface area contributed by atoms with E-state index in [-0.39, 0.29) is 40.0 Å². The van der Waals surface area contributed by atoms with Crippen LogP contribution in [0.4, 0.5) is 17.1 Å². The van der Waals surface area contributed by atoms with E-state index < -0.39 is 143 Å². The van der Waals surface area contributed by atoms with Crippen molar-refractivity contribution in [3.8, 4) is 23.0 Å². The Labute approximate surface area is 349 Å². The summed E-state index contributed by atoms with van der Waals surface area (Å²) in [5.41, 5.74) is -1.14. The summed E-state index contributed by atoms with van der Waals surface area (Å²) in [6, 6.07) is 5.23. The maximum absolute atomic E-state index is 14.1. The third-order valence-electron chi connectivity index (χ3n) is 7.37. The Bertz CT molecular complexity index is 3090. The Balaban J connectivity index is 1.75. The summed E-state index contributed by atoms with van der Waals surface area (Å²) in [7, 11) is -30.7. The van der Waals surface area contributed by atoms with Gasteiger partial charge >= 0.3 is 41.6 Å². The maximum atomic E-state index is 14.1. The molecule has 0 aromatic heterocycles. The van der Waals surface area contributed by atoms with Crippen LogP contribution in [-0.2, 0) is 78.0 Å². The molecule has 60 heavy (non-hydrogen) atoms. The molecule has 2 aliphatic heterocycles. The van der Waals surface area contributed by atoms with Gasteiger partial charge in [-0.15, -0.1) is 0 Å². The second-order valence-corrected chi connectivity index (χ2v) is 20.7. The largest absolute Gasteiger partial charge is 0.451 e. The molecule has 0 unspecified atom stereocenters. The molecular weight excluding hydrogens is 984 g/mol. The molecule has 2 aromatic rings. The van der Waals surface area contributed by atoms with Gasteiger partial charge in [0.05, 0.1) is 55.5 Å². The summed E-state index contributed by atoms with van der Waals surface area (Å²) < 4.78 is 209. The SMILES string of the molecule is O=S(=O)(O)OCCN=c1cc2oc3c(Cl)c4c(c(Cl)c3nc-2c(S(=O)(=O)CCOS(=O)(=O)O)c1S(=O)(=O)CCOS(=O)(=O)O)Oc1cc(NCCOS(=O)(=O)O)ccc1N4. The van der Waals surface area contributed by atoms with Crippen LogP contribution in [0.25, 0.3) is 22.6 Å². The van der Waals surface area contributed by atoms with Crippen molar-refractivity contribution >= 4 is 113 Å². The van der Waals surface area contributed by atoms with E-state index in [0.717, 1.165) is 6.07 Å². The van der Waals surface area contributed by atoms with Gasteiger partial charge in [0.25, 0.3) is 0 Å². The molecule has 0 fully saturated rings. The zero-order valence-electron chi connectivity index (χ0n) is 29.2.